The molecule has 0 bridgehead atoms. The Morgan fingerprint density at radius 2 is 2.06 bits per heavy atom. The molecule has 18 heavy (non-hydrogen) atoms. The molecule has 1 rings (SSSR count). The maximum atomic E-state index is 11.9. The number of amides is 2. The third-order valence-electron chi connectivity index (χ3n) is 2.32. The molecule has 0 aliphatic carbocycles. The molecule has 0 aliphatic heterocycles. The fourth-order valence-electron chi connectivity index (χ4n) is 1.48. The number of urea groups is 1. The minimum Gasteiger partial charge on any atom is -0.395 e. The van der Waals surface area contributed by atoms with Crippen molar-refractivity contribution >= 4 is 34.9 Å². The number of rotatable bonds is 5. The SMILES string of the molecule is CCCN(CCO)C(=O)Nc1ccc(Cl)c(Cl)c1. The number of hydrogen-bond acceptors (Lipinski definition) is 2. The van der Waals surface area contributed by atoms with Gasteiger partial charge in [-0.3, -0.25) is 0 Å². The van der Waals surface area contributed by atoms with E-state index in [1.165, 1.54) is 0 Å². The van der Waals surface area contributed by atoms with Crippen molar-refractivity contribution in [3.8, 4) is 0 Å². The smallest absolute Gasteiger partial charge is 0.321 e. The maximum absolute atomic E-state index is 11.9. The first-order chi connectivity index (χ1) is 8.58. The van der Waals surface area contributed by atoms with Crippen LogP contribution in [0.2, 0.25) is 10.0 Å². The van der Waals surface area contributed by atoms with Gasteiger partial charge in [-0.15, -0.1) is 0 Å². The molecule has 1 aromatic carbocycles. The standard InChI is InChI=1S/C12H16Cl2N2O2/c1-2-5-16(6-7-17)12(18)15-9-3-4-10(13)11(14)8-9/h3-4,8,17H,2,5-7H2,1H3,(H,15,18). The second kappa shape index (κ2) is 7.46. The van der Waals surface area contributed by atoms with Gasteiger partial charge in [0.2, 0.25) is 0 Å². The second-order valence-corrected chi connectivity index (χ2v) is 4.58. The van der Waals surface area contributed by atoms with Crippen molar-refractivity contribution < 1.29 is 9.90 Å². The first kappa shape index (κ1) is 15.1. The lowest BCUT2D eigenvalue weighted by molar-refractivity contribution is 0.188. The molecule has 100 valence electrons. The summed E-state index contributed by atoms with van der Waals surface area (Å²) in [5.41, 5.74) is 0.577. The van der Waals surface area contributed by atoms with E-state index in [0.717, 1.165) is 6.42 Å². The zero-order valence-electron chi connectivity index (χ0n) is 10.1. The van der Waals surface area contributed by atoms with Gasteiger partial charge in [0.15, 0.2) is 0 Å². The Morgan fingerprint density at radius 3 is 2.61 bits per heavy atom. The molecule has 0 atom stereocenters. The highest BCUT2D eigenvalue weighted by Crippen LogP contribution is 2.25. The largest absolute Gasteiger partial charge is 0.395 e. The highest BCUT2D eigenvalue weighted by atomic mass is 35.5. The molecule has 0 saturated carbocycles. The lowest BCUT2D eigenvalue weighted by Crippen LogP contribution is -2.37. The van der Waals surface area contributed by atoms with Gasteiger partial charge in [0.25, 0.3) is 0 Å². The summed E-state index contributed by atoms with van der Waals surface area (Å²) in [6.45, 7) is 2.81. The Labute approximate surface area is 116 Å². The molecular weight excluding hydrogens is 275 g/mol. The highest BCUT2D eigenvalue weighted by molar-refractivity contribution is 6.42. The van der Waals surface area contributed by atoms with Crippen LogP contribution in [0.5, 0.6) is 0 Å². The number of aliphatic hydroxyl groups is 1. The van der Waals surface area contributed by atoms with Gasteiger partial charge in [0.1, 0.15) is 0 Å². The van der Waals surface area contributed by atoms with Gasteiger partial charge >= 0.3 is 6.03 Å². The van der Waals surface area contributed by atoms with E-state index in [-0.39, 0.29) is 12.6 Å². The van der Waals surface area contributed by atoms with Crippen molar-refractivity contribution in [1.82, 2.24) is 4.90 Å². The Bertz CT molecular complexity index is 407. The summed E-state index contributed by atoms with van der Waals surface area (Å²) in [4.78, 5) is 13.5. The lowest BCUT2D eigenvalue weighted by Gasteiger charge is -2.21. The van der Waals surface area contributed by atoms with Crippen LogP contribution >= 0.6 is 23.2 Å². The first-order valence-corrected chi connectivity index (χ1v) is 6.46. The van der Waals surface area contributed by atoms with Gasteiger partial charge in [0, 0.05) is 18.8 Å². The van der Waals surface area contributed by atoms with E-state index in [9.17, 15) is 4.79 Å². The number of anilines is 1. The van der Waals surface area contributed by atoms with Gasteiger partial charge < -0.3 is 15.3 Å². The Morgan fingerprint density at radius 1 is 1.33 bits per heavy atom. The summed E-state index contributed by atoms with van der Waals surface area (Å²) in [6.07, 6.45) is 0.828. The molecule has 6 heteroatoms. The quantitative estimate of drug-likeness (QED) is 0.875. The van der Waals surface area contributed by atoms with Crippen molar-refractivity contribution in [2.45, 2.75) is 13.3 Å². The summed E-state index contributed by atoms with van der Waals surface area (Å²) < 4.78 is 0. The van der Waals surface area contributed by atoms with E-state index in [1.54, 1.807) is 23.1 Å². The number of nitrogens with zero attached hydrogens (tertiary/aromatic N) is 1. The molecular formula is C12H16Cl2N2O2. The Balaban J connectivity index is 2.69. The van der Waals surface area contributed by atoms with E-state index in [0.29, 0.717) is 28.8 Å². The van der Waals surface area contributed by atoms with Gasteiger partial charge in [-0.05, 0) is 24.6 Å². The summed E-state index contributed by atoms with van der Waals surface area (Å²) >= 11 is 11.7. The van der Waals surface area contributed by atoms with Crippen LogP contribution in [0.15, 0.2) is 18.2 Å². The average Bonchev–Trinajstić information content (AvgIpc) is 2.33. The zero-order valence-corrected chi connectivity index (χ0v) is 11.6. The molecule has 0 aromatic heterocycles. The summed E-state index contributed by atoms with van der Waals surface area (Å²) in [5, 5.41) is 12.4. The van der Waals surface area contributed by atoms with Crippen molar-refractivity contribution in [2.75, 3.05) is 25.0 Å². The van der Waals surface area contributed by atoms with Crippen molar-refractivity contribution in [3.63, 3.8) is 0 Å². The maximum Gasteiger partial charge on any atom is 0.321 e. The molecule has 0 aliphatic rings. The van der Waals surface area contributed by atoms with Crippen molar-refractivity contribution in [1.29, 1.82) is 0 Å². The van der Waals surface area contributed by atoms with Crippen LogP contribution in [0, 0.1) is 0 Å². The number of aliphatic hydroxyl groups excluding tert-OH is 1. The van der Waals surface area contributed by atoms with Crippen LogP contribution in [0.25, 0.3) is 0 Å². The van der Waals surface area contributed by atoms with Crippen molar-refractivity contribution in [2.24, 2.45) is 0 Å². The number of nitrogens with one attached hydrogen (secondary N) is 1. The highest BCUT2D eigenvalue weighted by Gasteiger charge is 2.12. The van der Waals surface area contributed by atoms with Crippen LogP contribution in [-0.4, -0.2) is 35.7 Å². The zero-order chi connectivity index (χ0) is 13.5. The molecule has 1 aromatic rings. The number of hydrogen-bond donors (Lipinski definition) is 2. The summed E-state index contributed by atoms with van der Waals surface area (Å²) in [5.74, 6) is 0. The van der Waals surface area contributed by atoms with Crippen LogP contribution in [0.3, 0.4) is 0 Å². The van der Waals surface area contributed by atoms with Crippen LogP contribution in [0.4, 0.5) is 10.5 Å². The van der Waals surface area contributed by atoms with E-state index < -0.39 is 0 Å². The second-order valence-electron chi connectivity index (χ2n) is 3.77. The fourth-order valence-corrected chi connectivity index (χ4v) is 1.78. The molecule has 0 unspecified atom stereocenters. The number of carbonyl (C=O) groups is 1. The first-order valence-electron chi connectivity index (χ1n) is 5.70. The molecule has 2 amide bonds. The van der Waals surface area contributed by atoms with Crippen LogP contribution in [-0.2, 0) is 0 Å². The lowest BCUT2D eigenvalue weighted by atomic mass is 10.3. The molecule has 4 nitrogen and oxygen atoms in total. The van der Waals surface area contributed by atoms with Gasteiger partial charge in [-0.1, -0.05) is 30.1 Å². The van der Waals surface area contributed by atoms with Gasteiger partial charge in [-0.2, -0.15) is 0 Å². The molecule has 0 spiro atoms. The van der Waals surface area contributed by atoms with Crippen molar-refractivity contribution in [3.05, 3.63) is 28.2 Å². The number of carbonyl (C=O) groups excluding carboxylic acids is 1. The predicted molar refractivity (Wildman–Crippen MR) is 74.4 cm³/mol. The minimum absolute atomic E-state index is 0.0607. The van der Waals surface area contributed by atoms with E-state index in [4.69, 9.17) is 28.3 Å². The molecule has 0 radical (unpaired) electrons. The van der Waals surface area contributed by atoms with Crippen LogP contribution in [0.1, 0.15) is 13.3 Å². The third kappa shape index (κ3) is 4.37. The number of halogens is 2. The monoisotopic (exact) mass is 290 g/mol. The molecule has 0 saturated heterocycles. The van der Waals surface area contributed by atoms with E-state index in [2.05, 4.69) is 5.32 Å². The van der Waals surface area contributed by atoms with E-state index in [1.807, 2.05) is 6.92 Å². The fraction of sp³-hybridized carbons (Fsp3) is 0.417. The van der Waals surface area contributed by atoms with Crippen LogP contribution < -0.4 is 5.32 Å². The summed E-state index contributed by atoms with van der Waals surface area (Å²) in [6, 6.07) is 4.62. The average molecular weight is 291 g/mol. The minimum atomic E-state index is -0.260. The Kier molecular flexibility index (Phi) is 6.25. The predicted octanol–water partition coefficient (Wildman–Crippen LogP) is 3.23. The number of benzene rings is 1. The molecule has 0 heterocycles. The normalized spacial score (nSPS) is 10.2. The Hall–Kier alpha value is -0.970. The topological polar surface area (TPSA) is 52.6 Å². The van der Waals surface area contributed by atoms with Gasteiger partial charge in [-0.25, -0.2) is 4.79 Å². The van der Waals surface area contributed by atoms with E-state index >= 15 is 0 Å². The molecule has 0 fully saturated rings. The summed E-state index contributed by atoms with van der Waals surface area (Å²) in [7, 11) is 0. The van der Waals surface area contributed by atoms with Gasteiger partial charge in [0.05, 0.1) is 16.7 Å². The molecule has 2 N–H and O–H groups in total. The third-order valence-corrected chi connectivity index (χ3v) is 3.06.